The molecule has 0 saturated carbocycles. The smallest absolute Gasteiger partial charge is 0.136 e. The Bertz CT molecular complexity index is 2500. The Balaban J connectivity index is 1.07. The van der Waals surface area contributed by atoms with Crippen LogP contribution in [-0.2, 0) is 0 Å². The van der Waals surface area contributed by atoms with E-state index in [9.17, 15) is 0 Å². The first-order valence-electron chi connectivity index (χ1n) is 17.7. The summed E-state index contributed by atoms with van der Waals surface area (Å²) in [7, 11) is 0. The number of rotatable bonds is 8. The first-order chi connectivity index (χ1) is 25.8. The number of furan rings is 1. The van der Waals surface area contributed by atoms with Gasteiger partial charge in [0.15, 0.2) is 0 Å². The van der Waals surface area contributed by atoms with Crippen molar-refractivity contribution >= 4 is 28.0 Å². The minimum atomic E-state index is 0.872. The molecular weight excluding hydrogens is 631 g/mol. The van der Waals surface area contributed by atoms with Gasteiger partial charge in [-0.2, -0.15) is 0 Å². The maximum Gasteiger partial charge on any atom is 0.136 e. The molecule has 0 N–H and O–H groups in total. The van der Waals surface area contributed by atoms with Crippen molar-refractivity contribution in [2.24, 2.45) is 0 Å². The molecule has 1 aromatic heterocycles. The number of hydrogen-bond donors (Lipinski definition) is 0. The zero-order valence-electron chi connectivity index (χ0n) is 28.6. The largest absolute Gasteiger partial charge is 0.456 e. The molecule has 0 atom stereocenters. The van der Waals surface area contributed by atoms with Crippen LogP contribution in [0.15, 0.2) is 217 Å². The van der Waals surface area contributed by atoms with E-state index in [4.69, 9.17) is 4.42 Å². The standard InChI is InChI=1S/C50H35NO/c1-4-14-36(15-5-1)41-32-42(37-16-6-2-7-17-37)34-43(33-41)38-24-28-45(29-25-38)51(44-19-8-3-9-20-44)46-30-26-39(27-31-46)47-21-11-12-22-48(47)50-35-40-18-10-13-23-49(40)52-50/h1-35H. The summed E-state index contributed by atoms with van der Waals surface area (Å²) in [4.78, 5) is 2.31. The van der Waals surface area contributed by atoms with Crippen molar-refractivity contribution in [3.63, 3.8) is 0 Å². The lowest BCUT2D eigenvalue weighted by atomic mass is 9.93. The molecule has 0 aliphatic carbocycles. The van der Waals surface area contributed by atoms with Gasteiger partial charge >= 0.3 is 0 Å². The lowest BCUT2D eigenvalue weighted by molar-refractivity contribution is 0.632. The normalized spacial score (nSPS) is 11.1. The van der Waals surface area contributed by atoms with E-state index in [1.165, 1.54) is 33.4 Å². The number of hydrogen-bond acceptors (Lipinski definition) is 2. The third kappa shape index (κ3) is 6.19. The molecule has 52 heavy (non-hydrogen) atoms. The van der Waals surface area contributed by atoms with Crippen molar-refractivity contribution in [2.75, 3.05) is 4.90 Å². The van der Waals surface area contributed by atoms with E-state index in [1.807, 2.05) is 18.2 Å². The average molecular weight is 666 g/mol. The first-order valence-corrected chi connectivity index (χ1v) is 17.7. The van der Waals surface area contributed by atoms with Crippen molar-refractivity contribution in [1.82, 2.24) is 0 Å². The predicted octanol–water partition coefficient (Wildman–Crippen LogP) is 14.2. The van der Waals surface area contributed by atoms with Gasteiger partial charge in [-0.3, -0.25) is 0 Å². The highest BCUT2D eigenvalue weighted by molar-refractivity contribution is 5.89. The molecule has 9 aromatic rings. The summed E-state index contributed by atoms with van der Waals surface area (Å²) in [5.41, 5.74) is 14.7. The van der Waals surface area contributed by atoms with Crippen LogP contribution in [0.3, 0.4) is 0 Å². The topological polar surface area (TPSA) is 16.4 Å². The highest BCUT2D eigenvalue weighted by Gasteiger charge is 2.16. The van der Waals surface area contributed by atoms with Gasteiger partial charge in [0, 0.05) is 28.0 Å². The number of anilines is 3. The third-order valence-electron chi connectivity index (χ3n) is 9.68. The monoisotopic (exact) mass is 665 g/mol. The summed E-state index contributed by atoms with van der Waals surface area (Å²) < 4.78 is 6.29. The highest BCUT2D eigenvalue weighted by Crippen LogP contribution is 2.40. The molecule has 0 bridgehead atoms. The Hall–Kier alpha value is -6.90. The van der Waals surface area contributed by atoms with Crippen molar-refractivity contribution in [1.29, 1.82) is 0 Å². The second-order valence-electron chi connectivity index (χ2n) is 13.0. The Morgan fingerprint density at radius 1 is 0.288 bits per heavy atom. The minimum absolute atomic E-state index is 0.872. The van der Waals surface area contributed by atoms with Crippen LogP contribution in [0.1, 0.15) is 0 Å². The number of fused-ring (bicyclic) bond motifs is 1. The second kappa shape index (κ2) is 13.8. The van der Waals surface area contributed by atoms with E-state index in [1.54, 1.807) is 0 Å². The summed E-state index contributed by atoms with van der Waals surface area (Å²) in [5, 5.41) is 1.10. The Morgan fingerprint density at radius 2 is 0.712 bits per heavy atom. The van der Waals surface area contributed by atoms with Crippen LogP contribution in [0.5, 0.6) is 0 Å². The van der Waals surface area contributed by atoms with Crippen LogP contribution in [0.25, 0.3) is 66.8 Å². The van der Waals surface area contributed by atoms with Crippen molar-refractivity contribution in [3.05, 3.63) is 212 Å². The van der Waals surface area contributed by atoms with Crippen LogP contribution in [0, 0.1) is 0 Å². The Kier molecular flexibility index (Phi) is 8.24. The van der Waals surface area contributed by atoms with E-state index in [2.05, 4.69) is 199 Å². The van der Waals surface area contributed by atoms with Gasteiger partial charge in [0.05, 0.1) is 0 Å². The number of para-hydroxylation sites is 2. The quantitative estimate of drug-likeness (QED) is 0.161. The fourth-order valence-electron chi connectivity index (χ4n) is 7.07. The average Bonchev–Trinajstić information content (AvgIpc) is 3.67. The van der Waals surface area contributed by atoms with E-state index < -0.39 is 0 Å². The molecule has 0 unspecified atom stereocenters. The lowest BCUT2D eigenvalue weighted by Gasteiger charge is -2.26. The Morgan fingerprint density at radius 3 is 1.27 bits per heavy atom. The van der Waals surface area contributed by atoms with E-state index in [-0.39, 0.29) is 0 Å². The van der Waals surface area contributed by atoms with E-state index >= 15 is 0 Å². The molecule has 0 saturated heterocycles. The molecule has 0 radical (unpaired) electrons. The zero-order valence-corrected chi connectivity index (χ0v) is 28.6. The van der Waals surface area contributed by atoms with Crippen LogP contribution in [-0.4, -0.2) is 0 Å². The molecule has 8 aromatic carbocycles. The lowest BCUT2D eigenvalue weighted by Crippen LogP contribution is -2.09. The maximum atomic E-state index is 6.29. The van der Waals surface area contributed by atoms with Gasteiger partial charge in [-0.15, -0.1) is 0 Å². The molecule has 2 heteroatoms. The highest BCUT2D eigenvalue weighted by atomic mass is 16.3. The van der Waals surface area contributed by atoms with Crippen LogP contribution < -0.4 is 4.90 Å². The van der Waals surface area contributed by atoms with Crippen molar-refractivity contribution in [3.8, 4) is 55.8 Å². The molecule has 246 valence electrons. The summed E-state index contributed by atoms with van der Waals surface area (Å²) in [6, 6.07) is 75.2. The minimum Gasteiger partial charge on any atom is -0.456 e. The third-order valence-corrected chi connectivity index (χ3v) is 9.68. The predicted molar refractivity (Wildman–Crippen MR) is 218 cm³/mol. The van der Waals surface area contributed by atoms with Gasteiger partial charge < -0.3 is 9.32 Å². The summed E-state index contributed by atoms with van der Waals surface area (Å²) in [6.07, 6.45) is 0. The SMILES string of the molecule is c1ccc(-c2cc(-c3ccccc3)cc(-c3ccc(N(c4ccccc4)c4ccc(-c5ccccc5-c5cc6ccccc6o5)cc4)cc3)c2)cc1. The van der Waals surface area contributed by atoms with Gasteiger partial charge in [-0.25, -0.2) is 0 Å². The van der Waals surface area contributed by atoms with Crippen LogP contribution in [0.2, 0.25) is 0 Å². The summed E-state index contributed by atoms with van der Waals surface area (Å²) in [5.74, 6) is 0.872. The number of nitrogens with zero attached hydrogens (tertiary/aromatic N) is 1. The van der Waals surface area contributed by atoms with Crippen molar-refractivity contribution < 1.29 is 4.42 Å². The van der Waals surface area contributed by atoms with E-state index in [0.717, 1.165) is 50.5 Å². The molecular formula is C50H35NO. The number of benzene rings is 8. The molecule has 0 fully saturated rings. The molecule has 2 nitrogen and oxygen atoms in total. The fourth-order valence-corrected chi connectivity index (χ4v) is 7.07. The van der Waals surface area contributed by atoms with Gasteiger partial charge in [0.1, 0.15) is 11.3 Å². The van der Waals surface area contributed by atoms with Gasteiger partial charge in [-0.1, -0.05) is 146 Å². The molecule has 0 aliphatic rings. The zero-order chi connectivity index (χ0) is 34.7. The van der Waals surface area contributed by atoms with Crippen LogP contribution >= 0.6 is 0 Å². The first kappa shape index (κ1) is 31.1. The molecule has 0 spiro atoms. The summed E-state index contributed by atoms with van der Waals surface area (Å²) in [6.45, 7) is 0. The van der Waals surface area contributed by atoms with Crippen LogP contribution in [0.4, 0.5) is 17.1 Å². The molecule has 0 amide bonds. The molecule has 9 rings (SSSR count). The maximum absolute atomic E-state index is 6.29. The van der Waals surface area contributed by atoms with Crippen molar-refractivity contribution in [2.45, 2.75) is 0 Å². The Labute approximate surface area is 304 Å². The second-order valence-corrected chi connectivity index (χ2v) is 13.0. The van der Waals surface area contributed by atoms with E-state index in [0.29, 0.717) is 0 Å². The molecule has 0 aliphatic heterocycles. The van der Waals surface area contributed by atoms with Gasteiger partial charge in [-0.05, 0) is 111 Å². The summed E-state index contributed by atoms with van der Waals surface area (Å²) >= 11 is 0. The molecule has 1 heterocycles. The van der Waals surface area contributed by atoms with Gasteiger partial charge in [0.2, 0.25) is 0 Å². The fraction of sp³-hybridized carbons (Fsp3) is 0. The van der Waals surface area contributed by atoms with Gasteiger partial charge in [0.25, 0.3) is 0 Å².